The molecule has 22 heavy (non-hydrogen) atoms. The van der Waals surface area contributed by atoms with Crippen molar-refractivity contribution in [3.05, 3.63) is 0 Å². The third kappa shape index (κ3) is 7.75. The van der Waals surface area contributed by atoms with Gasteiger partial charge in [0.1, 0.15) is 0 Å². The van der Waals surface area contributed by atoms with Crippen LogP contribution in [-0.4, -0.2) is 45.6 Å². The summed E-state index contributed by atoms with van der Waals surface area (Å²) in [4.78, 5) is 22.7. The third-order valence-corrected chi connectivity index (χ3v) is 4.13. The summed E-state index contributed by atoms with van der Waals surface area (Å²) in [6.45, 7) is -0.250. The molecule has 0 bridgehead atoms. The molecule has 1 fully saturated rings. The Morgan fingerprint density at radius 1 is 0.636 bits per heavy atom. The van der Waals surface area contributed by atoms with Gasteiger partial charge in [-0.1, -0.05) is 57.8 Å². The van der Waals surface area contributed by atoms with Crippen LogP contribution in [0.15, 0.2) is 0 Å². The number of carboxylic acid groups (broad SMARTS) is 2. The van der Waals surface area contributed by atoms with E-state index in [0.29, 0.717) is 12.8 Å². The van der Waals surface area contributed by atoms with Crippen LogP contribution in [0.4, 0.5) is 0 Å². The molecule has 0 amide bonds. The van der Waals surface area contributed by atoms with Crippen molar-refractivity contribution in [1.82, 2.24) is 0 Å². The van der Waals surface area contributed by atoms with Gasteiger partial charge in [-0.05, 0) is 12.8 Å². The third-order valence-electron chi connectivity index (χ3n) is 4.13. The van der Waals surface area contributed by atoms with Crippen LogP contribution in [0.2, 0.25) is 0 Å². The highest BCUT2D eigenvalue weighted by Crippen LogP contribution is 2.33. The molecule has 0 heterocycles. The van der Waals surface area contributed by atoms with Gasteiger partial charge in [0, 0.05) is 0 Å². The van der Waals surface area contributed by atoms with Gasteiger partial charge in [0.25, 0.3) is 0 Å². The summed E-state index contributed by atoms with van der Waals surface area (Å²) in [6, 6.07) is 0. The Balaban J connectivity index is 0.000000980. The molecule has 0 atom stereocenters. The zero-order valence-electron chi connectivity index (χ0n) is 13.3. The number of carboxylic acids is 2. The van der Waals surface area contributed by atoms with Gasteiger partial charge in [0.15, 0.2) is 5.41 Å². The van der Waals surface area contributed by atoms with E-state index in [1.54, 1.807) is 0 Å². The van der Waals surface area contributed by atoms with E-state index in [4.69, 9.17) is 10.2 Å². The van der Waals surface area contributed by atoms with Gasteiger partial charge in [0.2, 0.25) is 0 Å². The summed E-state index contributed by atoms with van der Waals surface area (Å²) >= 11 is 0. The molecular formula is C16H30O6. The molecule has 0 unspecified atom stereocenters. The molecule has 4 N–H and O–H groups in total. The SMILES string of the molecule is O=C(O)C1(C(=O)O)CCCCCCCCCCC1.OCCO. The van der Waals surface area contributed by atoms with E-state index >= 15 is 0 Å². The molecule has 1 aliphatic rings. The molecule has 6 heteroatoms. The highest BCUT2D eigenvalue weighted by atomic mass is 16.4. The Kier molecular flexibility index (Phi) is 11.8. The maximum atomic E-state index is 11.4. The first-order valence-corrected chi connectivity index (χ1v) is 8.20. The molecule has 0 aliphatic heterocycles. The van der Waals surface area contributed by atoms with Crippen molar-refractivity contribution < 1.29 is 30.0 Å². The molecule has 0 aromatic carbocycles. The fourth-order valence-electron chi connectivity index (χ4n) is 2.74. The standard InChI is InChI=1S/C14H24O4.C2H6O2/c15-12(16)14(13(17)18)10-8-6-4-2-1-3-5-7-9-11-14;3-1-2-4/h1-11H2,(H,15,16)(H,17,18);3-4H,1-2H2. The zero-order valence-corrected chi connectivity index (χ0v) is 13.3. The van der Waals surface area contributed by atoms with Gasteiger partial charge < -0.3 is 20.4 Å². The minimum atomic E-state index is -1.54. The van der Waals surface area contributed by atoms with Crippen molar-refractivity contribution in [2.45, 2.75) is 70.6 Å². The average molecular weight is 318 g/mol. The van der Waals surface area contributed by atoms with Gasteiger partial charge in [0.05, 0.1) is 13.2 Å². The number of aliphatic carboxylic acids is 2. The normalized spacial score (nSPS) is 19.7. The number of carbonyl (C=O) groups is 2. The summed E-state index contributed by atoms with van der Waals surface area (Å²) in [7, 11) is 0. The Labute approximate surface area is 132 Å². The van der Waals surface area contributed by atoms with Crippen LogP contribution < -0.4 is 0 Å². The molecule has 1 rings (SSSR count). The lowest BCUT2D eigenvalue weighted by molar-refractivity contribution is -0.166. The van der Waals surface area contributed by atoms with Gasteiger partial charge in [-0.3, -0.25) is 9.59 Å². The number of aliphatic hydroxyl groups is 2. The minimum absolute atomic E-state index is 0.125. The number of hydrogen-bond donors (Lipinski definition) is 4. The van der Waals surface area contributed by atoms with Crippen molar-refractivity contribution in [2.75, 3.05) is 13.2 Å². The number of aliphatic hydroxyl groups excluding tert-OH is 2. The van der Waals surface area contributed by atoms with Crippen molar-refractivity contribution in [3.63, 3.8) is 0 Å². The van der Waals surface area contributed by atoms with Crippen LogP contribution in [0.25, 0.3) is 0 Å². The Morgan fingerprint density at radius 2 is 0.909 bits per heavy atom. The lowest BCUT2D eigenvalue weighted by Crippen LogP contribution is -2.39. The molecule has 0 spiro atoms. The van der Waals surface area contributed by atoms with E-state index in [-0.39, 0.29) is 26.1 Å². The molecule has 1 saturated carbocycles. The highest BCUT2D eigenvalue weighted by molar-refractivity contribution is 5.98. The molecule has 0 radical (unpaired) electrons. The van der Waals surface area contributed by atoms with Crippen molar-refractivity contribution in [2.24, 2.45) is 5.41 Å². The Bertz CT molecular complexity index is 286. The second-order valence-corrected chi connectivity index (χ2v) is 5.82. The molecular weight excluding hydrogens is 288 g/mol. The van der Waals surface area contributed by atoms with Gasteiger partial charge in [-0.25, -0.2) is 0 Å². The summed E-state index contributed by atoms with van der Waals surface area (Å²) < 4.78 is 0. The summed E-state index contributed by atoms with van der Waals surface area (Å²) in [6.07, 6.45) is 9.67. The lowest BCUT2D eigenvalue weighted by Gasteiger charge is -2.25. The summed E-state index contributed by atoms with van der Waals surface area (Å²) in [5.41, 5.74) is -1.54. The smallest absolute Gasteiger partial charge is 0.321 e. The van der Waals surface area contributed by atoms with E-state index in [0.717, 1.165) is 25.7 Å². The first-order valence-electron chi connectivity index (χ1n) is 8.20. The molecule has 1 aliphatic carbocycles. The largest absolute Gasteiger partial charge is 0.480 e. The van der Waals surface area contributed by atoms with Crippen LogP contribution >= 0.6 is 0 Å². The first kappa shape index (κ1) is 20.9. The van der Waals surface area contributed by atoms with E-state index < -0.39 is 17.4 Å². The number of rotatable bonds is 3. The maximum Gasteiger partial charge on any atom is 0.321 e. The predicted molar refractivity (Wildman–Crippen MR) is 82.7 cm³/mol. The van der Waals surface area contributed by atoms with Crippen LogP contribution in [0.3, 0.4) is 0 Å². The van der Waals surface area contributed by atoms with Crippen LogP contribution in [0, 0.1) is 5.41 Å². The molecule has 0 aromatic heterocycles. The molecule has 0 aromatic rings. The molecule has 130 valence electrons. The van der Waals surface area contributed by atoms with Crippen molar-refractivity contribution in [3.8, 4) is 0 Å². The zero-order chi connectivity index (χ0) is 16.8. The van der Waals surface area contributed by atoms with Crippen LogP contribution in [-0.2, 0) is 9.59 Å². The van der Waals surface area contributed by atoms with Crippen LogP contribution in [0.1, 0.15) is 70.6 Å². The first-order chi connectivity index (χ1) is 10.5. The Hall–Kier alpha value is -1.14. The quantitative estimate of drug-likeness (QED) is 0.594. The fraction of sp³-hybridized carbons (Fsp3) is 0.875. The second kappa shape index (κ2) is 12.4. The van der Waals surface area contributed by atoms with Crippen molar-refractivity contribution in [1.29, 1.82) is 0 Å². The van der Waals surface area contributed by atoms with Crippen molar-refractivity contribution >= 4 is 11.9 Å². The Morgan fingerprint density at radius 3 is 1.14 bits per heavy atom. The highest BCUT2D eigenvalue weighted by Gasteiger charge is 2.45. The average Bonchev–Trinajstić information content (AvgIpc) is 2.47. The van der Waals surface area contributed by atoms with E-state index in [2.05, 4.69) is 0 Å². The summed E-state index contributed by atoms with van der Waals surface area (Å²) in [5.74, 6) is -2.32. The van der Waals surface area contributed by atoms with Gasteiger partial charge >= 0.3 is 11.9 Å². The van der Waals surface area contributed by atoms with Gasteiger partial charge in [-0.2, -0.15) is 0 Å². The second-order valence-electron chi connectivity index (χ2n) is 5.82. The van der Waals surface area contributed by atoms with Gasteiger partial charge in [-0.15, -0.1) is 0 Å². The topological polar surface area (TPSA) is 115 Å². The van der Waals surface area contributed by atoms with E-state index in [1.165, 1.54) is 19.3 Å². The number of hydrogen-bond acceptors (Lipinski definition) is 4. The monoisotopic (exact) mass is 318 g/mol. The maximum absolute atomic E-state index is 11.4. The fourth-order valence-corrected chi connectivity index (χ4v) is 2.74. The van der Waals surface area contributed by atoms with E-state index in [1.807, 2.05) is 0 Å². The lowest BCUT2D eigenvalue weighted by atomic mass is 9.77. The summed E-state index contributed by atoms with van der Waals surface area (Å²) in [5, 5.41) is 33.8. The molecule has 6 nitrogen and oxygen atoms in total. The predicted octanol–water partition coefficient (Wildman–Crippen LogP) is 2.42. The van der Waals surface area contributed by atoms with E-state index in [9.17, 15) is 19.8 Å². The minimum Gasteiger partial charge on any atom is -0.480 e. The van der Waals surface area contributed by atoms with Crippen LogP contribution in [0.5, 0.6) is 0 Å². The molecule has 0 saturated heterocycles.